The van der Waals surface area contributed by atoms with Gasteiger partial charge in [-0.05, 0) is 30.7 Å². The smallest absolute Gasteiger partial charge is 0.362 e. The molecule has 11 nitrogen and oxygen atoms in total. The summed E-state index contributed by atoms with van der Waals surface area (Å²) >= 11 is 6.06. The zero-order valence-electron chi connectivity index (χ0n) is 18.1. The number of halogens is 1. The Balaban J connectivity index is 1.43. The number of hydrogen-bond acceptors (Lipinski definition) is 10. The number of ether oxygens (including phenoxy) is 1. The van der Waals surface area contributed by atoms with Gasteiger partial charge in [-0.3, -0.25) is 9.09 Å². The number of nitrogens with zero attached hydrogens (tertiary/aromatic N) is 3. The molecular weight excluding hydrogens is 487 g/mol. The number of nitrogen functional groups attached to an aromatic ring is 1. The molecule has 7 atom stereocenters. The summed E-state index contributed by atoms with van der Waals surface area (Å²) < 4.78 is 32.0. The van der Waals surface area contributed by atoms with Gasteiger partial charge >= 0.3 is 7.60 Å². The van der Waals surface area contributed by atoms with E-state index < -0.39 is 43.6 Å². The third-order valence-corrected chi connectivity index (χ3v) is 8.52. The van der Waals surface area contributed by atoms with E-state index in [0.29, 0.717) is 28.0 Å². The van der Waals surface area contributed by atoms with Crippen LogP contribution in [0.1, 0.15) is 31.2 Å². The Kier molecular flexibility index (Phi) is 5.94. The van der Waals surface area contributed by atoms with Gasteiger partial charge in [0.15, 0.2) is 12.1 Å². The van der Waals surface area contributed by atoms with Crippen molar-refractivity contribution in [2.45, 2.75) is 49.3 Å². The highest BCUT2D eigenvalue weighted by molar-refractivity contribution is 7.54. The number of hydrogen-bond donors (Lipinski definition) is 4. The van der Waals surface area contributed by atoms with Crippen molar-refractivity contribution < 1.29 is 33.7 Å². The SMILES string of the molecule is C[C@@]1(O)[C@H](O)[C@@H](C(O)[P@@]2(=O)OCC[C@@H](c3cccc(Cl)c3)O2)O[C@H]1n1ccc2c(N)ncnc21. The minimum atomic E-state index is -4.18. The summed E-state index contributed by atoms with van der Waals surface area (Å²) in [6, 6.07) is 8.53. The molecule has 2 aliphatic heterocycles. The molecule has 13 heteroatoms. The predicted molar refractivity (Wildman–Crippen MR) is 122 cm³/mol. The first-order chi connectivity index (χ1) is 16.1. The maximum Gasteiger partial charge on any atom is 0.362 e. The summed E-state index contributed by atoms with van der Waals surface area (Å²) in [5, 5.41) is 34.1. The van der Waals surface area contributed by atoms with Crippen LogP contribution in [0.5, 0.6) is 0 Å². The van der Waals surface area contributed by atoms with E-state index in [1.165, 1.54) is 17.8 Å². The zero-order valence-corrected chi connectivity index (χ0v) is 19.7. The average molecular weight is 511 g/mol. The molecule has 0 bridgehead atoms. The highest BCUT2D eigenvalue weighted by Gasteiger charge is 2.60. The molecular formula is C21H24ClN4O7P. The van der Waals surface area contributed by atoms with E-state index in [0.717, 1.165) is 0 Å². The molecule has 0 aliphatic carbocycles. The molecule has 1 aromatic carbocycles. The minimum Gasteiger partial charge on any atom is -0.387 e. The molecule has 3 aromatic rings. The fraction of sp³-hybridized carbons (Fsp3) is 0.429. The van der Waals surface area contributed by atoms with Crippen LogP contribution >= 0.6 is 19.2 Å². The van der Waals surface area contributed by atoms with Gasteiger partial charge in [-0.2, -0.15) is 0 Å². The molecule has 2 saturated heterocycles. The van der Waals surface area contributed by atoms with Gasteiger partial charge in [0.2, 0.25) is 0 Å². The maximum absolute atomic E-state index is 13.6. The predicted octanol–water partition coefficient (Wildman–Crippen LogP) is 2.37. The Bertz CT molecular complexity index is 1270. The quantitative estimate of drug-likeness (QED) is 0.383. The Labute approximate surface area is 199 Å². The van der Waals surface area contributed by atoms with Crippen LogP contribution in [0, 0.1) is 0 Å². The van der Waals surface area contributed by atoms with Gasteiger partial charge in [0, 0.05) is 17.6 Å². The Morgan fingerprint density at radius 3 is 2.91 bits per heavy atom. The average Bonchev–Trinajstić information content (AvgIpc) is 3.33. The topological polar surface area (TPSA) is 162 Å². The molecule has 5 rings (SSSR count). The van der Waals surface area contributed by atoms with E-state index in [-0.39, 0.29) is 12.4 Å². The van der Waals surface area contributed by atoms with Gasteiger partial charge in [0.05, 0.1) is 18.1 Å². The second-order valence-electron chi connectivity index (χ2n) is 8.57. The van der Waals surface area contributed by atoms with E-state index >= 15 is 0 Å². The van der Waals surface area contributed by atoms with Crippen molar-refractivity contribution in [1.82, 2.24) is 14.5 Å². The first kappa shape index (κ1) is 23.7. The van der Waals surface area contributed by atoms with Gasteiger partial charge < -0.3 is 34.9 Å². The summed E-state index contributed by atoms with van der Waals surface area (Å²) in [7, 11) is -4.18. The minimum absolute atomic E-state index is 0.0482. The van der Waals surface area contributed by atoms with Crippen molar-refractivity contribution in [3.05, 3.63) is 53.4 Å². The summed E-state index contributed by atoms with van der Waals surface area (Å²) in [5.41, 5.74) is 5.04. The van der Waals surface area contributed by atoms with Gasteiger partial charge in [-0.15, -0.1) is 0 Å². The third kappa shape index (κ3) is 3.82. The Morgan fingerprint density at radius 2 is 2.15 bits per heavy atom. The van der Waals surface area contributed by atoms with Gasteiger partial charge in [-0.25, -0.2) is 9.97 Å². The van der Waals surface area contributed by atoms with E-state index in [9.17, 15) is 19.9 Å². The lowest BCUT2D eigenvalue weighted by Gasteiger charge is -2.35. The van der Waals surface area contributed by atoms with E-state index in [1.54, 1.807) is 36.5 Å². The van der Waals surface area contributed by atoms with Gasteiger partial charge in [-0.1, -0.05) is 23.7 Å². The number of aromatic nitrogens is 3. The number of aliphatic hydroxyl groups excluding tert-OH is 2. The number of rotatable bonds is 4. The number of anilines is 1. The van der Waals surface area contributed by atoms with Crippen LogP contribution in [0.3, 0.4) is 0 Å². The molecule has 182 valence electrons. The van der Waals surface area contributed by atoms with Crippen molar-refractivity contribution in [1.29, 1.82) is 0 Å². The van der Waals surface area contributed by atoms with Crippen LogP contribution in [0.25, 0.3) is 11.0 Å². The molecule has 2 aliphatic rings. The summed E-state index contributed by atoms with van der Waals surface area (Å²) in [5.74, 6) is -1.64. The maximum atomic E-state index is 13.6. The lowest BCUT2D eigenvalue weighted by Crippen LogP contribution is -2.46. The van der Waals surface area contributed by atoms with Crippen LogP contribution < -0.4 is 5.73 Å². The molecule has 0 amide bonds. The van der Waals surface area contributed by atoms with E-state index in [2.05, 4.69) is 9.97 Å². The molecule has 34 heavy (non-hydrogen) atoms. The van der Waals surface area contributed by atoms with Crippen LogP contribution in [0.4, 0.5) is 5.82 Å². The fourth-order valence-corrected chi connectivity index (χ4v) is 6.47. The lowest BCUT2D eigenvalue weighted by molar-refractivity contribution is -0.0973. The van der Waals surface area contributed by atoms with Gasteiger partial charge in [0.25, 0.3) is 0 Å². The lowest BCUT2D eigenvalue weighted by atomic mass is 9.96. The fourth-order valence-electron chi connectivity index (χ4n) is 4.40. The summed E-state index contributed by atoms with van der Waals surface area (Å²) in [4.78, 5) is 8.11. The number of nitrogens with two attached hydrogens (primary N) is 1. The van der Waals surface area contributed by atoms with Crippen molar-refractivity contribution in [2.24, 2.45) is 0 Å². The highest BCUT2D eigenvalue weighted by Crippen LogP contribution is 2.61. The molecule has 4 heterocycles. The van der Waals surface area contributed by atoms with Gasteiger partial charge in [0.1, 0.15) is 35.6 Å². The molecule has 2 aromatic heterocycles. The first-order valence-corrected chi connectivity index (χ1v) is 12.6. The first-order valence-electron chi connectivity index (χ1n) is 10.6. The van der Waals surface area contributed by atoms with Crippen molar-refractivity contribution in [2.75, 3.05) is 12.3 Å². The molecule has 1 unspecified atom stereocenters. The van der Waals surface area contributed by atoms with Crippen LogP contribution in [0.2, 0.25) is 5.02 Å². The van der Waals surface area contributed by atoms with Crippen LogP contribution in [-0.2, 0) is 18.3 Å². The van der Waals surface area contributed by atoms with Crippen molar-refractivity contribution in [3.63, 3.8) is 0 Å². The molecule has 0 spiro atoms. The zero-order chi connectivity index (χ0) is 24.3. The third-order valence-electron chi connectivity index (χ3n) is 6.25. The Hall–Kier alpha value is -2.08. The molecule has 5 N–H and O–H groups in total. The largest absolute Gasteiger partial charge is 0.387 e. The highest BCUT2D eigenvalue weighted by atomic mass is 35.5. The van der Waals surface area contributed by atoms with E-state index in [4.69, 9.17) is 31.1 Å². The van der Waals surface area contributed by atoms with Crippen molar-refractivity contribution >= 4 is 36.0 Å². The Morgan fingerprint density at radius 1 is 1.35 bits per heavy atom. The number of fused-ring (bicyclic) bond motifs is 1. The van der Waals surface area contributed by atoms with Crippen LogP contribution in [-0.4, -0.2) is 60.1 Å². The van der Waals surface area contributed by atoms with E-state index in [1.807, 2.05) is 0 Å². The molecule has 2 fully saturated rings. The monoisotopic (exact) mass is 510 g/mol. The normalized spacial score (nSPS) is 35.0. The van der Waals surface area contributed by atoms with Crippen molar-refractivity contribution in [3.8, 4) is 0 Å². The molecule has 0 saturated carbocycles. The standard InChI is InChI=1S/C21H24ClN4O7P/c1-21(29)16(27)15(32-20(21)26-7-5-13-17(23)24-10-25-18(13)26)19(28)34(30)31-8-6-14(33-34)11-3-2-4-12(22)9-11/h2-5,7,9-10,14-16,19-20,27-29H,6,8H2,1H3,(H2,23,24,25)/t14-,15-,16+,19?,20+,21+,34+/m0/s1. The second kappa shape index (κ2) is 8.54. The second-order valence-corrected chi connectivity index (χ2v) is 11.1. The number of aliphatic hydroxyl groups is 3. The summed E-state index contributed by atoms with van der Waals surface area (Å²) in [6.45, 7) is 1.39. The summed E-state index contributed by atoms with van der Waals surface area (Å²) in [6.07, 6.45) is -1.72. The van der Waals surface area contributed by atoms with Crippen LogP contribution in [0.15, 0.2) is 42.9 Å². The number of benzene rings is 1. The molecule has 0 radical (unpaired) electrons.